The summed E-state index contributed by atoms with van der Waals surface area (Å²) in [7, 11) is 0. The Morgan fingerprint density at radius 2 is 2.24 bits per heavy atom. The van der Waals surface area contributed by atoms with Crippen LogP contribution in [-0.4, -0.2) is 14.8 Å². The van der Waals surface area contributed by atoms with Gasteiger partial charge in [0.25, 0.3) is 0 Å². The molecule has 2 aromatic rings. The zero-order chi connectivity index (χ0) is 12.0. The Kier molecular flexibility index (Phi) is 2.43. The summed E-state index contributed by atoms with van der Waals surface area (Å²) in [5, 5.41) is 6.33. The third-order valence-electron chi connectivity index (χ3n) is 3.00. The van der Waals surface area contributed by atoms with Crippen LogP contribution in [0.2, 0.25) is 0 Å². The predicted octanol–water partition coefficient (Wildman–Crippen LogP) is 3.05. The standard InChI is InChI=1S/C12H16N4S/c1-7(2)16-6-9(5-14-16)10-11(13)17-12(15-10)8-3-4-8/h5-8H,3-4,13H2,1-2H3. The normalized spacial score (nSPS) is 15.7. The summed E-state index contributed by atoms with van der Waals surface area (Å²) in [6, 6.07) is 0.367. The monoisotopic (exact) mass is 248 g/mol. The molecule has 1 fully saturated rings. The Balaban J connectivity index is 1.96. The van der Waals surface area contributed by atoms with Crippen LogP contribution in [0, 0.1) is 0 Å². The van der Waals surface area contributed by atoms with Crippen molar-refractivity contribution in [3.63, 3.8) is 0 Å². The molecule has 0 bridgehead atoms. The van der Waals surface area contributed by atoms with Gasteiger partial charge in [-0.25, -0.2) is 4.98 Å². The number of nitrogen functional groups attached to an aromatic ring is 1. The summed E-state index contributed by atoms with van der Waals surface area (Å²) in [4.78, 5) is 4.65. The molecule has 0 amide bonds. The van der Waals surface area contributed by atoms with E-state index in [0.29, 0.717) is 12.0 Å². The van der Waals surface area contributed by atoms with E-state index in [4.69, 9.17) is 5.73 Å². The fraction of sp³-hybridized carbons (Fsp3) is 0.500. The van der Waals surface area contributed by atoms with Gasteiger partial charge in [0.1, 0.15) is 10.7 Å². The maximum absolute atomic E-state index is 6.04. The summed E-state index contributed by atoms with van der Waals surface area (Å²) < 4.78 is 1.94. The van der Waals surface area contributed by atoms with E-state index in [1.165, 1.54) is 17.8 Å². The summed E-state index contributed by atoms with van der Waals surface area (Å²) in [6.45, 7) is 4.22. The van der Waals surface area contributed by atoms with Crippen LogP contribution in [0.25, 0.3) is 11.3 Å². The molecule has 3 rings (SSSR count). The molecule has 17 heavy (non-hydrogen) atoms. The number of nitrogens with two attached hydrogens (primary N) is 1. The molecular weight excluding hydrogens is 232 g/mol. The topological polar surface area (TPSA) is 56.7 Å². The van der Waals surface area contributed by atoms with Gasteiger partial charge in [0.2, 0.25) is 0 Å². The maximum Gasteiger partial charge on any atom is 0.114 e. The Bertz CT molecular complexity index is 536. The number of hydrogen-bond donors (Lipinski definition) is 1. The van der Waals surface area contributed by atoms with Gasteiger partial charge >= 0.3 is 0 Å². The first-order chi connectivity index (χ1) is 8.15. The lowest BCUT2D eigenvalue weighted by atomic mass is 10.2. The number of anilines is 1. The van der Waals surface area contributed by atoms with Crippen LogP contribution in [-0.2, 0) is 0 Å². The van der Waals surface area contributed by atoms with E-state index in [0.717, 1.165) is 16.3 Å². The minimum atomic E-state index is 0.367. The number of nitrogens with zero attached hydrogens (tertiary/aromatic N) is 3. The average molecular weight is 248 g/mol. The highest BCUT2D eigenvalue weighted by molar-refractivity contribution is 7.16. The molecule has 2 aromatic heterocycles. The lowest BCUT2D eigenvalue weighted by Gasteiger charge is -2.02. The fourth-order valence-electron chi connectivity index (χ4n) is 1.80. The van der Waals surface area contributed by atoms with Gasteiger partial charge in [0.15, 0.2) is 0 Å². The molecule has 1 saturated carbocycles. The van der Waals surface area contributed by atoms with Crippen molar-refractivity contribution < 1.29 is 0 Å². The zero-order valence-electron chi connectivity index (χ0n) is 10.1. The molecule has 90 valence electrons. The van der Waals surface area contributed by atoms with Gasteiger partial charge in [0.05, 0.1) is 11.2 Å². The van der Waals surface area contributed by atoms with Crippen LogP contribution < -0.4 is 5.73 Å². The molecule has 4 nitrogen and oxygen atoms in total. The first kappa shape index (κ1) is 10.8. The number of aromatic nitrogens is 3. The van der Waals surface area contributed by atoms with Crippen LogP contribution in [0.3, 0.4) is 0 Å². The maximum atomic E-state index is 6.04. The first-order valence-corrected chi connectivity index (χ1v) is 6.77. The van der Waals surface area contributed by atoms with Crippen molar-refractivity contribution in [2.24, 2.45) is 0 Å². The molecule has 0 aromatic carbocycles. The number of hydrogen-bond acceptors (Lipinski definition) is 4. The van der Waals surface area contributed by atoms with Crippen LogP contribution >= 0.6 is 11.3 Å². The van der Waals surface area contributed by atoms with Crippen molar-refractivity contribution in [1.29, 1.82) is 0 Å². The van der Waals surface area contributed by atoms with Gasteiger partial charge in [-0.15, -0.1) is 11.3 Å². The van der Waals surface area contributed by atoms with Crippen LogP contribution in [0.5, 0.6) is 0 Å². The van der Waals surface area contributed by atoms with E-state index in [2.05, 4.69) is 23.9 Å². The van der Waals surface area contributed by atoms with E-state index in [1.54, 1.807) is 11.3 Å². The van der Waals surface area contributed by atoms with Gasteiger partial charge in [0, 0.05) is 23.7 Å². The minimum absolute atomic E-state index is 0.367. The largest absolute Gasteiger partial charge is 0.389 e. The number of rotatable bonds is 3. The van der Waals surface area contributed by atoms with Crippen LogP contribution in [0.4, 0.5) is 5.00 Å². The molecule has 0 unspecified atom stereocenters. The van der Waals surface area contributed by atoms with E-state index >= 15 is 0 Å². The molecule has 0 radical (unpaired) electrons. The SMILES string of the molecule is CC(C)n1cc(-c2nc(C3CC3)sc2N)cn1. The summed E-state index contributed by atoms with van der Waals surface area (Å²) in [5.41, 5.74) is 7.98. The van der Waals surface area contributed by atoms with E-state index in [9.17, 15) is 0 Å². The van der Waals surface area contributed by atoms with Crippen molar-refractivity contribution in [1.82, 2.24) is 14.8 Å². The average Bonchev–Trinajstić information content (AvgIpc) is 2.88. The highest BCUT2D eigenvalue weighted by Gasteiger charge is 2.28. The van der Waals surface area contributed by atoms with Crippen molar-refractivity contribution in [2.75, 3.05) is 5.73 Å². The fourth-order valence-corrected chi connectivity index (χ4v) is 2.83. The van der Waals surface area contributed by atoms with Crippen molar-refractivity contribution in [3.8, 4) is 11.3 Å². The molecule has 0 atom stereocenters. The van der Waals surface area contributed by atoms with Gasteiger partial charge in [-0.05, 0) is 26.7 Å². The quantitative estimate of drug-likeness (QED) is 0.908. The van der Waals surface area contributed by atoms with Crippen molar-refractivity contribution in [2.45, 2.75) is 38.6 Å². The molecule has 0 aliphatic heterocycles. The number of thiazole rings is 1. The lowest BCUT2D eigenvalue weighted by Crippen LogP contribution is -1.99. The van der Waals surface area contributed by atoms with Gasteiger partial charge in [-0.2, -0.15) is 5.10 Å². The van der Waals surface area contributed by atoms with Crippen LogP contribution in [0.15, 0.2) is 12.4 Å². The lowest BCUT2D eigenvalue weighted by molar-refractivity contribution is 0.532. The van der Waals surface area contributed by atoms with E-state index < -0.39 is 0 Å². The molecule has 2 heterocycles. The summed E-state index contributed by atoms with van der Waals surface area (Å²) in [6.07, 6.45) is 6.39. The smallest absolute Gasteiger partial charge is 0.114 e. The Morgan fingerprint density at radius 1 is 1.47 bits per heavy atom. The molecule has 5 heteroatoms. The molecule has 1 aliphatic rings. The molecule has 0 spiro atoms. The third kappa shape index (κ3) is 1.95. The highest BCUT2D eigenvalue weighted by Crippen LogP contribution is 2.45. The predicted molar refractivity (Wildman–Crippen MR) is 70.1 cm³/mol. The first-order valence-electron chi connectivity index (χ1n) is 5.96. The molecule has 0 saturated heterocycles. The summed E-state index contributed by atoms with van der Waals surface area (Å²) >= 11 is 1.63. The second-order valence-corrected chi connectivity index (χ2v) is 5.90. The Labute approximate surface area is 104 Å². The molecular formula is C12H16N4S. The molecule has 1 aliphatic carbocycles. The Hall–Kier alpha value is -1.36. The zero-order valence-corrected chi connectivity index (χ0v) is 10.9. The minimum Gasteiger partial charge on any atom is -0.389 e. The summed E-state index contributed by atoms with van der Waals surface area (Å²) in [5.74, 6) is 0.663. The second kappa shape index (κ2) is 3.84. The van der Waals surface area contributed by atoms with Crippen molar-refractivity contribution in [3.05, 3.63) is 17.4 Å². The van der Waals surface area contributed by atoms with Crippen molar-refractivity contribution >= 4 is 16.3 Å². The van der Waals surface area contributed by atoms with E-state index in [1.807, 2.05) is 17.1 Å². The third-order valence-corrected chi connectivity index (χ3v) is 4.05. The van der Waals surface area contributed by atoms with Gasteiger partial charge < -0.3 is 5.73 Å². The van der Waals surface area contributed by atoms with E-state index in [-0.39, 0.29) is 0 Å². The van der Waals surface area contributed by atoms with Crippen LogP contribution in [0.1, 0.15) is 43.7 Å². The van der Waals surface area contributed by atoms with Gasteiger partial charge in [-0.3, -0.25) is 4.68 Å². The second-order valence-electron chi connectivity index (χ2n) is 4.84. The molecule has 2 N–H and O–H groups in total. The van der Waals surface area contributed by atoms with Gasteiger partial charge in [-0.1, -0.05) is 0 Å². The Morgan fingerprint density at radius 3 is 2.82 bits per heavy atom. The highest BCUT2D eigenvalue weighted by atomic mass is 32.1.